The molecule has 18 heavy (non-hydrogen) atoms. The molecular formula is C12H16BrN5. The summed E-state index contributed by atoms with van der Waals surface area (Å²) in [5.74, 6) is 0.747. The van der Waals surface area contributed by atoms with Crippen molar-refractivity contribution in [2.75, 3.05) is 6.54 Å². The Balaban J connectivity index is 2.35. The van der Waals surface area contributed by atoms with Gasteiger partial charge in [-0.1, -0.05) is 6.92 Å². The third kappa shape index (κ3) is 2.59. The van der Waals surface area contributed by atoms with E-state index in [1.807, 2.05) is 18.5 Å². The maximum atomic E-state index is 4.55. The third-order valence-electron chi connectivity index (χ3n) is 2.65. The van der Waals surface area contributed by atoms with E-state index in [0.717, 1.165) is 40.5 Å². The molecule has 0 aromatic carbocycles. The molecule has 2 rings (SSSR count). The Bertz CT molecular complexity index is 549. The number of nitrogens with zero attached hydrogens (tertiary/aromatic N) is 4. The molecule has 0 atom stereocenters. The predicted molar refractivity (Wildman–Crippen MR) is 73.7 cm³/mol. The van der Waals surface area contributed by atoms with Crippen LogP contribution in [0.15, 0.2) is 16.9 Å². The zero-order valence-electron chi connectivity index (χ0n) is 10.7. The molecule has 0 aliphatic heterocycles. The summed E-state index contributed by atoms with van der Waals surface area (Å²) in [6.07, 6.45) is 3.49. The summed E-state index contributed by atoms with van der Waals surface area (Å²) < 4.78 is 2.82. The maximum absolute atomic E-state index is 4.55. The van der Waals surface area contributed by atoms with Gasteiger partial charge in [-0.2, -0.15) is 5.10 Å². The van der Waals surface area contributed by atoms with Crippen LogP contribution in [0, 0.1) is 13.8 Å². The van der Waals surface area contributed by atoms with Crippen molar-refractivity contribution < 1.29 is 0 Å². The molecule has 0 spiro atoms. The summed E-state index contributed by atoms with van der Waals surface area (Å²) in [6.45, 7) is 7.66. The SMILES string of the molecule is CCNCc1cncc(-n2nc(C)c(Br)c2C)n1. The molecule has 2 heterocycles. The van der Waals surface area contributed by atoms with Crippen LogP contribution in [0.3, 0.4) is 0 Å². The van der Waals surface area contributed by atoms with Crippen molar-refractivity contribution in [2.45, 2.75) is 27.3 Å². The molecule has 2 aromatic rings. The van der Waals surface area contributed by atoms with Gasteiger partial charge in [-0.25, -0.2) is 9.67 Å². The number of aryl methyl sites for hydroxylation is 1. The molecule has 1 N–H and O–H groups in total. The maximum Gasteiger partial charge on any atom is 0.172 e. The van der Waals surface area contributed by atoms with E-state index in [4.69, 9.17) is 0 Å². The summed E-state index contributed by atoms with van der Waals surface area (Å²) >= 11 is 3.51. The van der Waals surface area contributed by atoms with Crippen LogP contribution in [0.1, 0.15) is 24.0 Å². The molecule has 0 radical (unpaired) electrons. The van der Waals surface area contributed by atoms with Crippen LogP contribution in [-0.4, -0.2) is 26.3 Å². The first-order chi connectivity index (χ1) is 8.63. The summed E-state index contributed by atoms with van der Waals surface area (Å²) in [5, 5.41) is 7.68. The highest BCUT2D eigenvalue weighted by Gasteiger charge is 2.11. The highest BCUT2D eigenvalue weighted by Crippen LogP contribution is 2.21. The van der Waals surface area contributed by atoms with E-state index < -0.39 is 0 Å². The van der Waals surface area contributed by atoms with Gasteiger partial charge in [0.25, 0.3) is 0 Å². The van der Waals surface area contributed by atoms with E-state index in [-0.39, 0.29) is 0 Å². The van der Waals surface area contributed by atoms with Gasteiger partial charge < -0.3 is 5.32 Å². The van der Waals surface area contributed by atoms with Crippen molar-refractivity contribution in [1.29, 1.82) is 0 Å². The van der Waals surface area contributed by atoms with Crippen LogP contribution in [0.4, 0.5) is 0 Å². The van der Waals surface area contributed by atoms with E-state index in [1.165, 1.54) is 0 Å². The van der Waals surface area contributed by atoms with E-state index in [2.05, 4.69) is 43.2 Å². The van der Waals surface area contributed by atoms with E-state index in [0.29, 0.717) is 0 Å². The van der Waals surface area contributed by atoms with Crippen molar-refractivity contribution in [3.8, 4) is 5.82 Å². The smallest absolute Gasteiger partial charge is 0.172 e. The Hall–Kier alpha value is -1.27. The minimum atomic E-state index is 0.720. The molecule has 96 valence electrons. The average Bonchev–Trinajstić information content (AvgIpc) is 2.64. The molecule has 0 bridgehead atoms. The normalized spacial score (nSPS) is 10.9. The second-order valence-corrected chi connectivity index (χ2v) is 4.84. The quantitative estimate of drug-likeness (QED) is 0.940. The van der Waals surface area contributed by atoms with Gasteiger partial charge >= 0.3 is 0 Å². The van der Waals surface area contributed by atoms with Gasteiger partial charge in [0.05, 0.1) is 27.8 Å². The Morgan fingerprint density at radius 1 is 1.33 bits per heavy atom. The van der Waals surface area contributed by atoms with Crippen LogP contribution < -0.4 is 5.32 Å². The van der Waals surface area contributed by atoms with E-state index in [9.17, 15) is 0 Å². The molecule has 0 amide bonds. The molecule has 0 fully saturated rings. The van der Waals surface area contributed by atoms with Crippen molar-refractivity contribution in [1.82, 2.24) is 25.1 Å². The largest absolute Gasteiger partial charge is 0.311 e. The predicted octanol–water partition coefficient (Wildman–Crippen LogP) is 2.15. The standard InChI is InChI=1S/C12H16BrN5/c1-4-14-5-10-6-15-7-11(16-10)18-9(3)12(13)8(2)17-18/h6-7,14H,4-5H2,1-3H3. The van der Waals surface area contributed by atoms with Crippen molar-refractivity contribution in [3.63, 3.8) is 0 Å². The first-order valence-corrected chi connectivity index (χ1v) is 6.66. The van der Waals surface area contributed by atoms with Gasteiger partial charge in [-0.3, -0.25) is 4.98 Å². The first-order valence-electron chi connectivity index (χ1n) is 5.87. The minimum absolute atomic E-state index is 0.720. The highest BCUT2D eigenvalue weighted by molar-refractivity contribution is 9.10. The Labute approximate surface area is 115 Å². The van der Waals surface area contributed by atoms with Crippen LogP contribution in [0.2, 0.25) is 0 Å². The summed E-state index contributed by atoms with van der Waals surface area (Å²) in [5.41, 5.74) is 2.90. The third-order valence-corrected chi connectivity index (χ3v) is 3.80. The lowest BCUT2D eigenvalue weighted by Crippen LogP contribution is -2.14. The van der Waals surface area contributed by atoms with Gasteiger partial charge in [0, 0.05) is 12.7 Å². The molecule has 0 aliphatic carbocycles. The lowest BCUT2D eigenvalue weighted by Gasteiger charge is -2.06. The topological polar surface area (TPSA) is 55.6 Å². The Morgan fingerprint density at radius 2 is 2.11 bits per heavy atom. The second kappa shape index (κ2) is 5.58. The molecule has 0 unspecified atom stereocenters. The fourth-order valence-corrected chi connectivity index (χ4v) is 1.93. The Morgan fingerprint density at radius 3 is 2.72 bits per heavy atom. The lowest BCUT2D eigenvalue weighted by molar-refractivity contribution is 0.696. The molecule has 2 aromatic heterocycles. The summed E-state index contributed by atoms with van der Waals surface area (Å²) in [7, 11) is 0. The molecule has 6 heteroatoms. The fraction of sp³-hybridized carbons (Fsp3) is 0.417. The molecule has 5 nitrogen and oxygen atoms in total. The van der Waals surface area contributed by atoms with Gasteiger partial charge in [0.15, 0.2) is 5.82 Å². The van der Waals surface area contributed by atoms with Crippen LogP contribution in [-0.2, 0) is 6.54 Å². The highest BCUT2D eigenvalue weighted by atomic mass is 79.9. The van der Waals surface area contributed by atoms with Crippen LogP contribution >= 0.6 is 15.9 Å². The van der Waals surface area contributed by atoms with Gasteiger partial charge in [-0.15, -0.1) is 0 Å². The van der Waals surface area contributed by atoms with E-state index in [1.54, 1.807) is 12.4 Å². The number of aromatic nitrogens is 4. The first kappa shape index (κ1) is 13.2. The molecule has 0 aliphatic rings. The number of nitrogens with one attached hydrogen (secondary N) is 1. The van der Waals surface area contributed by atoms with Gasteiger partial charge in [0.2, 0.25) is 0 Å². The lowest BCUT2D eigenvalue weighted by atomic mass is 10.4. The molecule has 0 saturated carbocycles. The molecular weight excluding hydrogens is 294 g/mol. The van der Waals surface area contributed by atoms with Crippen molar-refractivity contribution in [3.05, 3.63) is 33.9 Å². The number of rotatable bonds is 4. The zero-order valence-corrected chi connectivity index (χ0v) is 12.3. The van der Waals surface area contributed by atoms with Crippen molar-refractivity contribution >= 4 is 15.9 Å². The summed E-state index contributed by atoms with van der Waals surface area (Å²) in [6, 6.07) is 0. The number of hydrogen-bond donors (Lipinski definition) is 1. The monoisotopic (exact) mass is 309 g/mol. The van der Waals surface area contributed by atoms with E-state index >= 15 is 0 Å². The van der Waals surface area contributed by atoms with Crippen molar-refractivity contribution in [2.24, 2.45) is 0 Å². The van der Waals surface area contributed by atoms with Crippen LogP contribution in [0.5, 0.6) is 0 Å². The summed E-state index contributed by atoms with van der Waals surface area (Å²) in [4.78, 5) is 8.77. The number of halogens is 1. The Kier molecular flexibility index (Phi) is 4.08. The van der Waals surface area contributed by atoms with Crippen LogP contribution in [0.25, 0.3) is 5.82 Å². The zero-order chi connectivity index (χ0) is 13.1. The average molecular weight is 310 g/mol. The molecule has 0 saturated heterocycles. The second-order valence-electron chi connectivity index (χ2n) is 4.05. The van der Waals surface area contributed by atoms with Gasteiger partial charge in [-0.05, 0) is 36.3 Å². The van der Waals surface area contributed by atoms with Gasteiger partial charge in [0.1, 0.15) is 0 Å². The minimum Gasteiger partial charge on any atom is -0.311 e. The number of hydrogen-bond acceptors (Lipinski definition) is 4. The fourth-order valence-electron chi connectivity index (χ4n) is 1.68.